The Morgan fingerprint density at radius 1 is 1.37 bits per heavy atom. The molecule has 0 aliphatic rings. The largest absolute Gasteiger partial charge is 0.398 e. The van der Waals surface area contributed by atoms with Crippen LogP contribution in [0.2, 0.25) is 0 Å². The number of hydrogen-bond acceptors (Lipinski definition) is 4. The van der Waals surface area contributed by atoms with Crippen molar-refractivity contribution in [3.05, 3.63) is 23.8 Å². The van der Waals surface area contributed by atoms with Gasteiger partial charge in [-0.25, -0.2) is 13.1 Å². The molecule has 0 saturated heterocycles. The summed E-state index contributed by atoms with van der Waals surface area (Å²) >= 11 is 0. The van der Waals surface area contributed by atoms with Gasteiger partial charge in [-0.2, -0.15) is 0 Å². The molecule has 0 aromatic heterocycles. The molecule has 0 heterocycles. The van der Waals surface area contributed by atoms with Crippen LogP contribution in [0.15, 0.2) is 23.1 Å². The number of benzene rings is 1. The molecular formula is C13H22N2O3S. The second-order valence-corrected chi connectivity index (χ2v) is 6.82. The molecule has 0 aliphatic carbocycles. The van der Waals surface area contributed by atoms with Crippen molar-refractivity contribution in [2.24, 2.45) is 0 Å². The van der Waals surface area contributed by atoms with E-state index in [0.29, 0.717) is 5.69 Å². The zero-order chi connectivity index (χ0) is 14.7. The topological polar surface area (TPSA) is 81.4 Å². The van der Waals surface area contributed by atoms with Crippen molar-refractivity contribution in [1.82, 2.24) is 4.72 Å². The molecule has 3 N–H and O–H groups in total. The minimum Gasteiger partial charge on any atom is -0.398 e. The van der Waals surface area contributed by atoms with Gasteiger partial charge in [0.05, 0.1) is 17.0 Å². The van der Waals surface area contributed by atoms with Gasteiger partial charge in [0.2, 0.25) is 10.0 Å². The van der Waals surface area contributed by atoms with E-state index in [2.05, 4.69) is 4.72 Å². The molecular weight excluding hydrogens is 264 g/mol. The van der Waals surface area contributed by atoms with Gasteiger partial charge in [-0.1, -0.05) is 13.0 Å². The highest BCUT2D eigenvalue weighted by Crippen LogP contribution is 2.20. The lowest BCUT2D eigenvalue weighted by atomic mass is 10.1. The molecule has 0 amide bonds. The molecule has 1 aromatic carbocycles. The Balaban J connectivity index is 3.04. The molecule has 1 aromatic rings. The highest BCUT2D eigenvalue weighted by atomic mass is 32.2. The van der Waals surface area contributed by atoms with Crippen LogP contribution in [0.4, 0.5) is 5.69 Å². The molecule has 0 fully saturated rings. The number of aryl methyl sites for hydroxylation is 1. The van der Waals surface area contributed by atoms with Crippen molar-refractivity contribution in [3.8, 4) is 0 Å². The van der Waals surface area contributed by atoms with E-state index >= 15 is 0 Å². The maximum absolute atomic E-state index is 12.3. The van der Waals surface area contributed by atoms with Crippen molar-refractivity contribution in [2.45, 2.75) is 37.6 Å². The van der Waals surface area contributed by atoms with E-state index in [1.165, 1.54) is 13.2 Å². The Hall–Kier alpha value is -1.11. The van der Waals surface area contributed by atoms with E-state index in [0.717, 1.165) is 12.0 Å². The third-order valence-electron chi connectivity index (χ3n) is 2.72. The fourth-order valence-corrected chi connectivity index (χ4v) is 3.31. The predicted octanol–water partition coefficient (Wildman–Crippen LogP) is 1.53. The summed E-state index contributed by atoms with van der Waals surface area (Å²) in [5.74, 6) is 0. The van der Waals surface area contributed by atoms with Crippen LogP contribution in [0, 0.1) is 0 Å². The number of methoxy groups -OCH3 is 1. The van der Waals surface area contributed by atoms with Gasteiger partial charge < -0.3 is 10.5 Å². The van der Waals surface area contributed by atoms with Crippen molar-refractivity contribution in [1.29, 1.82) is 0 Å². The first kappa shape index (κ1) is 15.9. The number of hydrogen-bond donors (Lipinski definition) is 2. The van der Waals surface area contributed by atoms with Gasteiger partial charge in [-0.3, -0.25) is 0 Å². The van der Waals surface area contributed by atoms with Crippen LogP contribution >= 0.6 is 0 Å². The summed E-state index contributed by atoms with van der Waals surface area (Å²) in [6.07, 6.45) is 0.773. The van der Waals surface area contributed by atoms with Crippen molar-refractivity contribution in [2.75, 3.05) is 19.5 Å². The zero-order valence-electron chi connectivity index (χ0n) is 11.9. The van der Waals surface area contributed by atoms with E-state index in [4.69, 9.17) is 10.5 Å². The van der Waals surface area contributed by atoms with Crippen molar-refractivity contribution < 1.29 is 13.2 Å². The van der Waals surface area contributed by atoms with Crippen LogP contribution in [-0.2, 0) is 21.2 Å². The Bertz CT molecular complexity index is 539. The normalized spacial score (nSPS) is 12.6. The average molecular weight is 286 g/mol. The van der Waals surface area contributed by atoms with Gasteiger partial charge >= 0.3 is 0 Å². The lowest BCUT2D eigenvalue weighted by molar-refractivity contribution is 0.141. The number of ether oxygens (including phenoxy) is 1. The first-order valence-corrected chi connectivity index (χ1v) is 7.61. The molecule has 19 heavy (non-hydrogen) atoms. The Morgan fingerprint density at radius 2 is 2.00 bits per heavy atom. The number of nitrogens with two attached hydrogens (primary N) is 1. The number of nitrogen functional groups attached to an aromatic ring is 1. The van der Waals surface area contributed by atoms with Gasteiger partial charge in [0, 0.05) is 12.8 Å². The van der Waals surface area contributed by atoms with E-state index in [-0.39, 0.29) is 11.5 Å². The molecule has 0 saturated carbocycles. The lowest BCUT2D eigenvalue weighted by Gasteiger charge is -2.25. The standard InChI is InChI=1S/C13H22N2O3S/c1-5-10-6-7-11(8-12(10)14)19(16,17)15-13(2,3)9-18-4/h6-8,15H,5,9,14H2,1-4H3. The van der Waals surface area contributed by atoms with E-state index in [1.54, 1.807) is 26.0 Å². The maximum atomic E-state index is 12.3. The molecule has 0 radical (unpaired) electrons. The van der Waals surface area contributed by atoms with E-state index < -0.39 is 15.6 Å². The van der Waals surface area contributed by atoms with Crippen molar-refractivity contribution in [3.63, 3.8) is 0 Å². The fourth-order valence-electron chi connectivity index (χ4n) is 1.88. The van der Waals surface area contributed by atoms with Crippen LogP contribution < -0.4 is 10.5 Å². The molecule has 5 nitrogen and oxygen atoms in total. The smallest absolute Gasteiger partial charge is 0.241 e. The molecule has 108 valence electrons. The van der Waals surface area contributed by atoms with Crippen LogP contribution in [0.1, 0.15) is 26.3 Å². The van der Waals surface area contributed by atoms with Gasteiger partial charge in [0.1, 0.15) is 0 Å². The summed E-state index contributed by atoms with van der Waals surface area (Å²) in [6, 6.07) is 4.80. The second kappa shape index (κ2) is 5.90. The highest BCUT2D eigenvalue weighted by molar-refractivity contribution is 7.89. The third kappa shape index (κ3) is 4.19. The first-order chi connectivity index (χ1) is 8.72. The van der Waals surface area contributed by atoms with E-state index in [9.17, 15) is 8.42 Å². The Morgan fingerprint density at radius 3 is 2.47 bits per heavy atom. The molecule has 0 spiro atoms. The second-order valence-electron chi connectivity index (χ2n) is 5.14. The molecule has 0 unspecified atom stereocenters. The average Bonchev–Trinajstić information content (AvgIpc) is 2.27. The summed E-state index contributed by atoms with van der Waals surface area (Å²) in [6.45, 7) is 5.78. The molecule has 6 heteroatoms. The van der Waals surface area contributed by atoms with Gasteiger partial charge in [-0.15, -0.1) is 0 Å². The highest BCUT2D eigenvalue weighted by Gasteiger charge is 2.26. The number of sulfonamides is 1. The Kier molecular flexibility index (Phi) is 4.95. The monoisotopic (exact) mass is 286 g/mol. The minimum atomic E-state index is -3.60. The quantitative estimate of drug-likeness (QED) is 0.777. The van der Waals surface area contributed by atoms with Crippen LogP contribution in [-0.4, -0.2) is 27.7 Å². The van der Waals surface area contributed by atoms with Crippen LogP contribution in [0.3, 0.4) is 0 Å². The predicted molar refractivity (Wildman–Crippen MR) is 76.5 cm³/mol. The molecule has 0 aliphatic heterocycles. The lowest BCUT2D eigenvalue weighted by Crippen LogP contribution is -2.46. The fraction of sp³-hybridized carbons (Fsp3) is 0.538. The van der Waals surface area contributed by atoms with Crippen LogP contribution in [0.25, 0.3) is 0 Å². The Labute approximate surface area is 115 Å². The summed E-state index contributed by atoms with van der Waals surface area (Å²) in [5.41, 5.74) is 6.59. The third-order valence-corrected chi connectivity index (χ3v) is 4.42. The van der Waals surface area contributed by atoms with Gasteiger partial charge in [-0.05, 0) is 38.0 Å². The summed E-state index contributed by atoms with van der Waals surface area (Å²) in [4.78, 5) is 0.173. The van der Waals surface area contributed by atoms with Gasteiger partial charge in [0.15, 0.2) is 0 Å². The van der Waals surface area contributed by atoms with E-state index in [1.807, 2.05) is 6.92 Å². The SMILES string of the molecule is CCc1ccc(S(=O)(=O)NC(C)(C)COC)cc1N. The molecule has 1 rings (SSSR count). The van der Waals surface area contributed by atoms with Crippen LogP contribution in [0.5, 0.6) is 0 Å². The summed E-state index contributed by atoms with van der Waals surface area (Å²) in [5, 5.41) is 0. The van der Waals surface area contributed by atoms with Crippen molar-refractivity contribution >= 4 is 15.7 Å². The number of nitrogens with one attached hydrogen (secondary N) is 1. The zero-order valence-corrected chi connectivity index (χ0v) is 12.7. The number of rotatable bonds is 6. The minimum absolute atomic E-state index is 0.173. The number of anilines is 1. The molecule has 0 atom stereocenters. The molecule has 0 bridgehead atoms. The summed E-state index contributed by atoms with van der Waals surface area (Å²) < 4.78 is 32.1. The first-order valence-electron chi connectivity index (χ1n) is 6.13. The van der Waals surface area contributed by atoms with Gasteiger partial charge in [0.25, 0.3) is 0 Å². The summed E-state index contributed by atoms with van der Waals surface area (Å²) in [7, 11) is -2.07. The maximum Gasteiger partial charge on any atom is 0.241 e.